The highest BCUT2D eigenvalue weighted by molar-refractivity contribution is 8.01. The summed E-state index contributed by atoms with van der Waals surface area (Å²) < 4.78 is 3.21. The van der Waals surface area contributed by atoms with E-state index in [1.807, 2.05) is 24.3 Å². The molecule has 2 aromatic heterocycles. The lowest BCUT2D eigenvalue weighted by atomic mass is 9.91. The molecule has 3 aromatic rings. The number of fused-ring (bicyclic) bond motifs is 1. The largest absolute Gasteiger partial charge is 0.368 e. The first-order valence-electron chi connectivity index (χ1n) is 9.37. The Labute approximate surface area is 177 Å². The standard InChI is InChI=1S/C21H21N5O3S/c1-24(2)21(29)25-11-15(14-7-3-4-8-17(14)25)19(27)16-12-30-26(18(16)20(22)28)13-6-5-9-23-10-13/h3-11,16,18H,12H2,1-2H3,(H2,22,28). The lowest BCUT2D eigenvalue weighted by molar-refractivity contribution is -0.119. The van der Waals surface area contributed by atoms with Gasteiger partial charge in [-0.25, -0.2) is 4.79 Å². The number of para-hydroxylation sites is 1. The molecule has 1 aliphatic rings. The Kier molecular flexibility index (Phi) is 5.21. The van der Waals surface area contributed by atoms with E-state index in [2.05, 4.69) is 4.98 Å². The van der Waals surface area contributed by atoms with Crippen LogP contribution in [-0.4, -0.2) is 58.1 Å². The van der Waals surface area contributed by atoms with E-state index in [0.717, 1.165) is 0 Å². The van der Waals surface area contributed by atoms with Crippen molar-refractivity contribution in [3.63, 3.8) is 0 Å². The SMILES string of the molecule is CN(C)C(=O)n1cc(C(=O)C2CSN(c3cccnc3)C2C(N)=O)c2ccccc21. The van der Waals surface area contributed by atoms with Crippen LogP contribution in [0.4, 0.5) is 10.5 Å². The first-order chi connectivity index (χ1) is 14.4. The molecule has 154 valence electrons. The van der Waals surface area contributed by atoms with E-state index in [-0.39, 0.29) is 11.8 Å². The minimum absolute atomic E-state index is 0.209. The molecule has 1 aliphatic heterocycles. The normalized spacial score (nSPS) is 18.5. The maximum absolute atomic E-state index is 13.6. The van der Waals surface area contributed by atoms with Crippen molar-refractivity contribution in [2.24, 2.45) is 11.7 Å². The summed E-state index contributed by atoms with van der Waals surface area (Å²) in [5.41, 5.74) is 7.47. The molecule has 8 nitrogen and oxygen atoms in total. The third-order valence-electron chi connectivity index (χ3n) is 5.12. The lowest BCUT2D eigenvalue weighted by Crippen LogP contribution is -2.45. The third kappa shape index (κ3) is 3.30. The van der Waals surface area contributed by atoms with Crippen LogP contribution in [-0.2, 0) is 4.79 Å². The molecule has 0 bridgehead atoms. The Morgan fingerprint density at radius 3 is 2.60 bits per heavy atom. The molecule has 1 aromatic carbocycles. The van der Waals surface area contributed by atoms with Gasteiger partial charge in [0.15, 0.2) is 5.78 Å². The zero-order valence-corrected chi connectivity index (χ0v) is 17.4. The molecule has 9 heteroatoms. The van der Waals surface area contributed by atoms with E-state index in [1.54, 1.807) is 49.1 Å². The molecule has 2 atom stereocenters. The molecule has 4 rings (SSSR count). The maximum atomic E-state index is 13.6. The number of carbonyl (C=O) groups excluding carboxylic acids is 3. The van der Waals surface area contributed by atoms with Crippen LogP contribution in [0, 0.1) is 5.92 Å². The minimum atomic E-state index is -0.807. The van der Waals surface area contributed by atoms with Crippen LogP contribution in [0.25, 0.3) is 10.9 Å². The van der Waals surface area contributed by atoms with Crippen LogP contribution in [0.2, 0.25) is 0 Å². The fourth-order valence-electron chi connectivity index (χ4n) is 3.70. The second kappa shape index (κ2) is 7.83. The molecule has 0 radical (unpaired) electrons. The van der Waals surface area contributed by atoms with Gasteiger partial charge >= 0.3 is 6.03 Å². The van der Waals surface area contributed by atoms with Crippen molar-refractivity contribution >= 4 is 46.3 Å². The van der Waals surface area contributed by atoms with E-state index in [9.17, 15) is 14.4 Å². The predicted molar refractivity (Wildman–Crippen MR) is 116 cm³/mol. The Balaban J connectivity index is 1.75. The summed E-state index contributed by atoms with van der Waals surface area (Å²) >= 11 is 1.38. The number of Topliss-reactive ketones (excluding diaryl/α,β-unsaturated/α-hetero) is 1. The number of nitrogens with two attached hydrogens (primary N) is 1. The van der Waals surface area contributed by atoms with Crippen LogP contribution in [0.5, 0.6) is 0 Å². The highest BCUT2D eigenvalue weighted by atomic mass is 32.2. The average molecular weight is 423 g/mol. The van der Waals surface area contributed by atoms with Crippen molar-refractivity contribution in [3.8, 4) is 0 Å². The molecule has 0 saturated carbocycles. The van der Waals surface area contributed by atoms with Gasteiger partial charge in [0.05, 0.1) is 23.3 Å². The number of primary amides is 1. The molecule has 3 heterocycles. The van der Waals surface area contributed by atoms with Gasteiger partial charge in [0.2, 0.25) is 5.91 Å². The van der Waals surface area contributed by atoms with Gasteiger partial charge in [-0.15, -0.1) is 0 Å². The number of carbonyl (C=O) groups is 3. The lowest BCUT2D eigenvalue weighted by Gasteiger charge is -2.24. The number of nitrogens with zero attached hydrogens (tertiary/aromatic N) is 4. The van der Waals surface area contributed by atoms with Gasteiger partial charge in [-0.2, -0.15) is 0 Å². The quantitative estimate of drug-likeness (QED) is 0.511. The van der Waals surface area contributed by atoms with E-state index < -0.39 is 17.9 Å². The predicted octanol–water partition coefficient (Wildman–Crippen LogP) is 2.39. The summed E-state index contributed by atoms with van der Waals surface area (Å²) in [5.74, 6) is -1.02. The van der Waals surface area contributed by atoms with Crippen molar-refractivity contribution in [1.82, 2.24) is 14.5 Å². The van der Waals surface area contributed by atoms with Crippen LogP contribution < -0.4 is 10.0 Å². The minimum Gasteiger partial charge on any atom is -0.368 e. The zero-order valence-electron chi connectivity index (χ0n) is 16.6. The van der Waals surface area contributed by atoms with Crippen LogP contribution in [0.1, 0.15) is 10.4 Å². The van der Waals surface area contributed by atoms with Crippen LogP contribution in [0.3, 0.4) is 0 Å². The molecular formula is C21H21N5O3S. The van der Waals surface area contributed by atoms with Gasteiger partial charge in [-0.3, -0.25) is 19.1 Å². The summed E-state index contributed by atoms with van der Waals surface area (Å²) in [7, 11) is 3.31. The number of aromatic nitrogens is 2. The fourth-order valence-corrected chi connectivity index (χ4v) is 5.02. The molecule has 1 saturated heterocycles. The van der Waals surface area contributed by atoms with Gasteiger partial charge < -0.3 is 14.9 Å². The molecule has 2 N–H and O–H groups in total. The Morgan fingerprint density at radius 1 is 1.17 bits per heavy atom. The second-order valence-corrected chi connectivity index (χ2v) is 8.24. The fraction of sp³-hybridized carbons (Fsp3) is 0.238. The molecule has 1 fully saturated rings. The van der Waals surface area contributed by atoms with Crippen LogP contribution in [0.15, 0.2) is 55.0 Å². The topological polar surface area (TPSA) is 102 Å². The van der Waals surface area contributed by atoms with Gasteiger partial charge in [-0.1, -0.05) is 18.2 Å². The number of hydrogen-bond donors (Lipinski definition) is 1. The van der Waals surface area contributed by atoms with E-state index in [4.69, 9.17) is 5.73 Å². The first kappa shape index (κ1) is 20.0. The molecular weight excluding hydrogens is 402 g/mol. The smallest absolute Gasteiger partial charge is 0.328 e. The number of rotatable bonds is 4. The Hall–Kier alpha value is -3.33. The van der Waals surface area contributed by atoms with Crippen molar-refractivity contribution in [3.05, 3.63) is 60.6 Å². The van der Waals surface area contributed by atoms with Gasteiger partial charge in [0, 0.05) is 43.2 Å². The monoisotopic (exact) mass is 423 g/mol. The summed E-state index contributed by atoms with van der Waals surface area (Å²) in [4.78, 5) is 44.0. The van der Waals surface area contributed by atoms with Crippen LogP contribution >= 0.6 is 11.9 Å². The van der Waals surface area contributed by atoms with Gasteiger partial charge in [-0.05, 0) is 30.1 Å². The van der Waals surface area contributed by atoms with E-state index in [0.29, 0.717) is 27.9 Å². The molecule has 0 spiro atoms. The summed E-state index contributed by atoms with van der Waals surface area (Å²) in [5, 5.41) is 0.672. The molecule has 30 heavy (non-hydrogen) atoms. The number of benzene rings is 1. The second-order valence-electron chi connectivity index (χ2n) is 7.26. The molecule has 0 aliphatic carbocycles. The van der Waals surface area contributed by atoms with E-state index in [1.165, 1.54) is 21.4 Å². The Bertz CT molecular complexity index is 1130. The summed E-state index contributed by atoms with van der Waals surface area (Å²) in [6, 6.07) is 9.77. The number of amides is 2. The van der Waals surface area contributed by atoms with E-state index >= 15 is 0 Å². The first-order valence-corrected chi connectivity index (χ1v) is 10.3. The third-order valence-corrected chi connectivity index (χ3v) is 6.35. The van der Waals surface area contributed by atoms with Crippen molar-refractivity contribution in [2.45, 2.75) is 6.04 Å². The number of ketones is 1. The molecule has 2 unspecified atom stereocenters. The van der Waals surface area contributed by atoms with Crippen molar-refractivity contribution in [1.29, 1.82) is 0 Å². The van der Waals surface area contributed by atoms with Crippen molar-refractivity contribution < 1.29 is 14.4 Å². The zero-order chi connectivity index (χ0) is 21.4. The Morgan fingerprint density at radius 2 is 1.93 bits per heavy atom. The highest BCUT2D eigenvalue weighted by Gasteiger charge is 2.44. The number of anilines is 1. The summed E-state index contributed by atoms with van der Waals surface area (Å²) in [6.45, 7) is 0. The summed E-state index contributed by atoms with van der Waals surface area (Å²) in [6.07, 6.45) is 4.84. The number of hydrogen-bond acceptors (Lipinski definition) is 6. The van der Waals surface area contributed by atoms with Gasteiger partial charge in [0.1, 0.15) is 6.04 Å². The molecule has 2 amide bonds. The number of pyridine rings is 1. The average Bonchev–Trinajstić information content (AvgIpc) is 3.36. The maximum Gasteiger partial charge on any atom is 0.328 e. The van der Waals surface area contributed by atoms with Gasteiger partial charge in [0.25, 0.3) is 0 Å². The van der Waals surface area contributed by atoms with Crippen molar-refractivity contribution in [2.75, 3.05) is 24.2 Å². The highest BCUT2D eigenvalue weighted by Crippen LogP contribution is 2.39.